The summed E-state index contributed by atoms with van der Waals surface area (Å²) in [7, 11) is 0. The molecule has 0 radical (unpaired) electrons. The van der Waals surface area contributed by atoms with Crippen LogP contribution in [0.25, 0.3) is 0 Å². The highest BCUT2D eigenvalue weighted by Gasteiger charge is 2.19. The highest BCUT2D eigenvalue weighted by molar-refractivity contribution is 7.14. The van der Waals surface area contributed by atoms with Crippen molar-refractivity contribution < 1.29 is 9.18 Å². The van der Waals surface area contributed by atoms with Gasteiger partial charge in [-0.2, -0.15) is 0 Å². The van der Waals surface area contributed by atoms with E-state index in [4.69, 9.17) is 0 Å². The third-order valence-corrected chi connectivity index (χ3v) is 3.83. The molecule has 5 heteroatoms. The van der Waals surface area contributed by atoms with Crippen LogP contribution in [0.2, 0.25) is 0 Å². The van der Waals surface area contributed by atoms with Crippen LogP contribution >= 0.6 is 11.3 Å². The van der Waals surface area contributed by atoms with Crippen LogP contribution in [0.3, 0.4) is 0 Å². The van der Waals surface area contributed by atoms with E-state index in [9.17, 15) is 9.18 Å². The summed E-state index contributed by atoms with van der Waals surface area (Å²) in [5.74, 6) is -0.174. The molecule has 1 fully saturated rings. The normalized spacial score (nSPS) is 19.9. The highest BCUT2D eigenvalue weighted by atomic mass is 32.1. The van der Waals surface area contributed by atoms with E-state index in [1.165, 1.54) is 22.6 Å². The van der Waals surface area contributed by atoms with Crippen molar-refractivity contribution in [2.24, 2.45) is 0 Å². The third kappa shape index (κ3) is 2.59. The Bertz CT molecular complexity index is 361. The van der Waals surface area contributed by atoms with E-state index in [2.05, 4.69) is 10.6 Å². The minimum Gasteiger partial charge on any atom is -0.349 e. The van der Waals surface area contributed by atoms with Crippen molar-refractivity contribution in [1.29, 1.82) is 0 Å². The highest BCUT2D eigenvalue weighted by Crippen LogP contribution is 2.29. The predicted molar refractivity (Wildman–Crippen MR) is 62.6 cm³/mol. The average Bonchev–Trinajstić information content (AvgIpc) is 2.94. The standard InChI is InChI=1S/C11H15FN2OS/c12-5-7-14-11(15)10-4-3-9(16-10)8-2-1-6-13-8/h3-4,8,13H,1-2,5-7H2,(H,14,15)/t8-/m0/s1. The van der Waals surface area contributed by atoms with Gasteiger partial charge in [-0.05, 0) is 31.5 Å². The lowest BCUT2D eigenvalue weighted by Gasteiger charge is -2.05. The second-order valence-electron chi connectivity index (χ2n) is 3.80. The van der Waals surface area contributed by atoms with Crippen molar-refractivity contribution in [1.82, 2.24) is 10.6 Å². The van der Waals surface area contributed by atoms with Crippen LogP contribution in [-0.4, -0.2) is 25.7 Å². The van der Waals surface area contributed by atoms with Crippen LogP contribution in [0.4, 0.5) is 4.39 Å². The molecule has 0 bridgehead atoms. The van der Waals surface area contributed by atoms with E-state index < -0.39 is 6.67 Å². The molecule has 1 aliphatic heterocycles. The van der Waals surface area contributed by atoms with Crippen LogP contribution in [0.5, 0.6) is 0 Å². The number of alkyl halides is 1. The zero-order valence-electron chi connectivity index (χ0n) is 8.96. The summed E-state index contributed by atoms with van der Waals surface area (Å²) >= 11 is 1.49. The molecule has 0 spiro atoms. The molecule has 2 rings (SSSR count). The maximum atomic E-state index is 11.9. The van der Waals surface area contributed by atoms with Gasteiger partial charge in [0.25, 0.3) is 5.91 Å². The minimum absolute atomic E-state index is 0.0910. The van der Waals surface area contributed by atoms with E-state index in [1.54, 1.807) is 0 Å². The van der Waals surface area contributed by atoms with Crippen molar-refractivity contribution in [2.45, 2.75) is 18.9 Å². The molecule has 1 atom stereocenters. The molecule has 0 aromatic carbocycles. The lowest BCUT2D eigenvalue weighted by Crippen LogP contribution is -2.24. The zero-order valence-corrected chi connectivity index (χ0v) is 9.78. The smallest absolute Gasteiger partial charge is 0.261 e. The van der Waals surface area contributed by atoms with Gasteiger partial charge in [0.05, 0.1) is 4.88 Å². The van der Waals surface area contributed by atoms with Crippen LogP contribution in [0.1, 0.15) is 33.4 Å². The van der Waals surface area contributed by atoms with Crippen molar-refractivity contribution in [3.63, 3.8) is 0 Å². The number of carbonyl (C=O) groups is 1. The summed E-state index contributed by atoms with van der Waals surface area (Å²) in [4.78, 5) is 13.4. The predicted octanol–water partition coefficient (Wildman–Crippen LogP) is 1.87. The topological polar surface area (TPSA) is 41.1 Å². The first kappa shape index (κ1) is 11.5. The molecule has 1 saturated heterocycles. The van der Waals surface area contributed by atoms with Crippen molar-refractivity contribution in [2.75, 3.05) is 19.8 Å². The summed E-state index contributed by atoms with van der Waals surface area (Å²) in [6.45, 7) is 0.619. The van der Waals surface area contributed by atoms with Gasteiger partial charge in [-0.15, -0.1) is 11.3 Å². The fourth-order valence-electron chi connectivity index (χ4n) is 1.84. The summed E-state index contributed by atoms with van der Waals surface area (Å²) < 4.78 is 11.9. The van der Waals surface area contributed by atoms with Crippen molar-refractivity contribution in [3.8, 4) is 0 Å². The summed E-state index contributed by atoms with van der Waals surface area (Å²) in [6, 6.07) is 4.19. The van der Waals surface area contributed by atoms with Crippen molar-refractivity contribution in [3.05, 3.63) is 21.9 Å². The van der Waals surface area contributed by atoms with Gasteiger partial charge in [0.1, 0.15) is 6.67 Å². The second kappa shape index (κ2) is 5.41. The molecular weight excluding hydrogens is 227 g/mol. The number of nitrogens with one attached hydrogen (secondary N) is 2. The second-order valence-corrected chi connectivity index (χ2v) is 4.91. The van der Waals surface area contributed by atoms with E-state index in [1.807, 2.05) is 12.1 Å². The quantitative estimate of drug-likeness (QED) is 0.846. The molecule has 1 amide bonds. The minimum atomic E-state index is -0.520. The zero-order chi connectivity index (χ0) is 11.4. The maximum absolute atomic E-state index is 11.9. The fraction of sp³-hybridized carbons (Fsp3) is 0.545. The first-order valence-electron chi connectivity index (χ1n) is 5.48. The molecular formula is C11H15FN2OS. The SMILES string of the molecule is O=C(NCCF)c1ccc([C@@H]2CCCN2)s1. The Balaban J connectivity index is 1.98. The van der Waals surface area contributed by atoms with Gasteiger partial charge < -0.3 is 10.6 Å². The molecule has 2 heterocycles. The largest absolute Gasteiger partial charge is 0.349 e. The van der Waals surface area contributed by atoms with Gasteiger partial charge in [0.2, 0.25) is 0 Å². The Labute approximate surface area is 98.0 Å². The van der Waals surface area contributed by atoms with Gasteiger partial charge in [-0.25, -0.2) is 4.39 Å². The number of rotatable bonds is 4. The Morgan fingerprint density at radius 2 is 2.50 bits per heavy atom. The number of halogens is 1. The van der Waals surface area contributed by atoms with E-state index >= 15 is 0 Å². The van der Waals surface area contributed by atoms with E-state index in [-0.39, 0.29) is 12.5 Å². The number of thiophene rings is 1. The molecule has 1 aliphatic rings. The third-order valence-electron chi connectivity index (χ3n) is 2.63. The Kier molecular flexibility index (Phi) is 3.90. The van der Waals surface area contributed by atoms with Gasteiger partial charge in [-0.3, -0.25) is 4.79 Å². The molecule has 2 N–H and O–H groups in total. The van der Waals surface area contributed by atoms with Gasteiger partial charge in [0, 0.05) is 17.5 Å². The Morgan fingerprint density at radius 1 is 1.62 bits per heavy atom. The lowest BCUT2D eigenvalue weighted by atomic mass is 10.2. The van der Waals surface area contributed by atoms with Crippen LogP contribution in [-0.2, 0) is 0 Å². The van der Waals surface area contributed by atoms with Crippen molar-refractivity contribution >= 4 is 17.2 Å². The summed E-state index contributed by atoms with van der Waals surface area (Å²) in [5, 5.41) is 5.92. The van der Waals surface area contributed by atoms with E-state index in [0.717, 1.165) is 13.0 Å². The molecule has 0 aliphatic carbocycles. The Hall–Kier alpha value is -0.940. The lowest BCUT2D eigenvalue weighted by molar-refractivity contribution is 0.0955. The number of hydrogen-bond acceptors (Lipinski definition) is 3. The average molecular weight is 242 g/mol. The summed E-state index contributed by atoms with van der Waals surface area (Å²) in [5.41, 5.74) is 0. The fourth-order valence-corrected chi connectivity index (χ4v) is 2.87. The molecule has 16 heavy (non-hydrogen) atoms. The first-order chi connectivity index (χ1) is 7.81. The number of amides is 1. The van der Waals surface area contributed by atoms with Gasteiger partial charge >= 0.3 is 0 Å². The molecule has 0 saturated carbocycles. The molecule has 0 unspecified atom stereocenters. The van der Waals surface area contributed by atoms with Crippen LogP contribution in [0.15, 0.2) is 12.1 Å². The molecule has 1 aromatic rings. The van der Waals surface area contributed by atoms with Gasteiger partial charge in [-0.1, -0.05) is 0 Å². The maximum Gasteiger partial charge on any atom is 0.261 e. The summed E-state index contributed by atoms with van der Waals surface area (Å²) in [6.07, 6.45) is 2.32. The van der Waals surface area contributed by atoms with Crippen LogP contribution < -0.4 is 10.6 Å². The monoisotopic (exact) mass is 242 g/mol. The molecule has 1 aromatic heterocycles. The number of carbonyl (C=O) groups excluding carboxylic acids is 1. The van der Waals surface area contributed by atoms with Gasteiger partial charge in [0.15, 0.2) is 0 Å². The first-order valence-corrected chi connectivity index (χ1v) is 6.30. The van der Waals surface area contributed by atoms with E-state index in [0.29, 0.717) is 10.9 Å². The van der Waals surface area contributed by atoms with Crippen LogP contribution in [0, 0.1) is 0 Å². The number of hydrogen-bond donors (Lipinski definition) is 2. The molecule has 88 valence electrons. The Morgan fingerprint density at radius 3 is 3.19 bits per heavy atom. The molecule has 3 nitrogen and oxygen atoms in total.